The van der Waals surface area contributed by atoms with Crippen molar-refractivity contribution in [1.29, 1.82) is 0 Å². The van der Waals surface area contributed by atoms with Crippen LogP contribution in [-0.4, -0.2) is 33.3 Å². The van der Waals surface area contributed by atoms with Crippen LogP contribution in [0.5, 0.6) is 0 Å². The van der Waals surface area contributed by atoms with Gasteiger partial charge in [0.2, 0.25) is 0 Å². The highest BCUT2D eigenvalue weighted by molar-refractivity contribution is 6.20. The second-order valence-electron chi connectivity index (χ2n) is 6.05. The van der Waals surface area contributed by atoms with Gasteiger partial charge in [0.1, 0.15) is 5.69 Å². The number of benzene rings is 1. The Hall–Kier alpha value is -1.61. The summed E-state index contributed by atoms with van der Waals surface area (Å²) in [7, 11) is 0. The number of aromatic nitrogens is 1. The van der Waals surface area contributed by atoms with E-state index >= 15 is 0 Å². The Morgan fingerprint density at radius 1 is 1.14 bits per heavy atom. The first-order chi connectivity index (χ1) is 10.2. The van der Waals surface area contributed by atoms with E-state index in [2.05, 4.69) is 4.98 Å². The second-order valence-corrected chi connectivity index (χ2v) is 6.66. The predicted octanol–water partition coefficient (Wildman–Crippen LogP) is 3.61. The highest BCUT2D eigenvalue weighted by Crippen LogP contribution is 2.39. The molecule has 4 rings (SSSR count). The second kappa shape index (κ2) is 4.99. The Morgan fingerprint density at radius 2 is 1.86 bits per heavy atom. The van der Waals surface area contributed by atoms with Gasteiger partial charge in [-0.15, -0.1) is 11.6 Å². The maximum Gasteiger partial charge on any atom is 0.273 e. The molecule has 1 aromatic carbocycles. The van der Waals surface area contributed by atoms with E-state index in [1.807, 2.05) is 35.2 Å². The monoisotopic (exact) mass is 300 g/mol. The zero-order chi connectivity index (χ0) is 14.4. The highest BCUT2D eigenvalue weighted by Gasteiger charge is 2.43. The Bertz CT molecular complexity index is 683. The number of hydrogen-bond acceptors (Lipinski definition) is 2. The van der Waals surface area contributed by atoms with Gasteiger partial charge < -0.3 is 4.90 Å². The van der Waals surface area contributed by atoms with Gasteiger partial charge in [-0.2, -0.15) is 0 Å². The smallest absolute Gasteiger partial charge is 0.273 e. The molecule has 1 amide bonds. The van der Waals surface area contributed by atoms with Gasteiger partial charge in [0.25, 0.3) is 5.91 Å². The minimum absolute atomic E-state index is 0.0721. The van der Waals surface area contributed by atoms with Crippen LogP contribution in [0.25, 0.3) is 10.8 Å². The lowest BCUT2D eigenvalue weighted by atomic mass is 10.0. The lowest BCUT2D eigenvalue weighted by Crippen LogP contribution is -2.47. The third-order valence-corrected chi connectivity index (χ3v) is 5.14. The summed E-state index contributed by atoms with van der Waals surface area (Å²) < 4.78 is 0. The molecular weight excluding hydrogens is 284 g/mol. The SMILES string of the molecule is O=C(c1nccc2ccccc12)N1C2CCC1CC(Cl)C2. The molecule has 2 atom stereocenters. The summed E-state index contributed by atoms with van der Waals surface area (Å²) >= 11 is 6.30. The molecule has 4 heteroatoms. The summed E-state index contributed by atoms with van der Waals surface area (Å²) in [4.78, 5) is 19.4. The Balaban J connectivity index is 1.74. The van der Waals surface area contributed by atoms with Crippen molar-refractivity contribution in [1.82, 2.24) is 9.88 Å². The van der Waals surface area contributed by atoms with Crippen LogP contribution < -0.4 is 0 Å². The molecular formula is C17H17ClN2O. The summed E-state index contributed by atoms with van der Waals surface area (Å²) in [5.74, 6) is 0.0721. The first-order valence-corrected chi connectivity index (χ1v) is 7.98. The van der Waals surface area contributed by atoms with Crippen molar-refractivity contribution < 1.29 is 4.79 Å². The minimum Gasteiger partial charge on any atom is -0.331 e. The Morgan fingerprint density at radius 3 is 2.62 bits per heavy atom. The highest BCUT2D eigenvalue weighted by atomic mass is 35.5. The zero-order valence-corrected chi connectivity index (χ0v) is 12.5. The van der Waals surface area contributed by atoms with Crippen molar-refractivity contribution in [3.63, 3.8) is 0 Å². The van der Waals surface area contributed by atoms with Crippen molar-refractivity contribution >= 4 is 28.3 Å². The maximum atomic E-state index is 13.0. The molecule has 0 N–H and O–H groups in total. The number of rotatable bonds is 1. The van der Waals surface area contributed by atoms with E-state index in [0.29, 0.717) is 17.8 Å². The van der Waals surface area contributed by atoms with Crippen molar-refractivity contribution in [2.75, 3.05) is 0 Å². The molecule has 2 saturated heterocycles. The molecule has 3 heterocycles. The van der Waals surface area contributed by atoms with Gasteiger partial charge in [0, 0.05) is 29.0 Å². The van der Waals surface area contributed by atoms with Crippen molar-refractivity contribution in [3.8, 4) is 0 Å². The third-order valence-electron chi connectivity index (χ3n) is 4.79. The van der Waals surface area contributed by atoms with Gasteiger partial charge in [-0.3, -0.25) is 9.78 Å². The number of pyridine rings is 1. The molecule has 0 aliphatic carbocycles. The van der Waals surface area contributed by atoms with E-state index in [4.69, 9.17) is 11.6 Å². The fourth-order valence-electron chi connectivity index (χ4n) is 3.85. The van der Waals surface area contributed by atoms with Crippen LogP contribution in [-0.2, 0) is 0 Å². The number of carbonyl (C=O) groups excluding carboxylic acids is 1. The van der Waals surface area contributed by atoms with E-state index in [9.17, 15) is 4.79 Å². The average molecular weight is 301 g/mol. The van der Waals surface area contributed by atoms with Gasteiger partial charge in [0.15, 0.2) is 0 Å². The summed E-state index contributed by atoms with van der Waals surface area (Å²) in [6, 6.07) is 10.5. The molecule has 2 bridgehead atoms. The van der Waals surface area contributed by atoms with Crippen LogP contribution in [0.2, 0.25) is 0 Å². The van der Waals surface area contributed by atoms with Gasteiger partial charge in [0.05, 0.1) is 0 Å². The maximum absolute atomic E-state index is 13.0. The topological polar surface area (TPSA) is 33.2 Å². The lowest BCUT2D eigenvalue weighted by molar-refractivity contribution is 0.0595. The van der Waals surface area contributed by atoms with E-state index in [1.165, 1.54) is 0 Å². The summed E-state index contributed by atoms with van der Waals surface area (Å²) in [6.07, 6.45) is 5.70. The molecule has 2 unspecified atom stereocenters. The molecule has 2 aromatic rings. The largest absolute Gasteiger partial charge is 0.331 e. The number of hydrogen-bond donors (Lipinski definition) is 0. The Kier molecular flexibility index (Phi) is 3.11. The van der Waals surface area contributed by atoms with Crippen LogP contribution in [0.1, 0.15) is 36.2 Å². The van der Waals surface area contributed by atoms with Crippen LogP contribution in [0.15, 0.2) is 36.5 Å². The molecule has 0 radical (unpaired) electrons. The number of nitrogens with zero attached hydrogens (tertiary/aromatic N) is 2. The van der Waals surface area contributed by atoms with Crippen molar-refractivity contribution in [2.45, 2.75) is 43.1 Å². The van der Waals surface area contributed by atoms with E-state index in [1.54, 1.807) is 6.20 Å². The first kappa shape index (κ1) is 13.1. The minimum atomic E-state index is 0.0721. The van der Waals surface area contributed by atoms with Gasteiger partial charge >= 0.3 is 0 Å². The van der Waals surface area contributed by atoms with E-state index < -0.39 is 0 Å². The van der Waals surface area contributed by atoms with Gasteiger partial charge in [-0.05, 0) is 37.1 Å². The van der Waals surface area contributed by atoms with Crippen molar-refractivity contribution in [2.24, 2.45) is 0 Å². The summed E-state index contributed by atoms with van der Waals surface area (Å²) in [5.41, 5.74) is 0.582. The van der Waals surface area contributed by atoms with Gasteiger partial charge in [-0.25, -0.2) is 0 Å². The van der Waals surface area contributed by atoms with E-state index in [-0.39, 0.29) is 11.3 Å². The number of piperidine rings is 1. The van der Waals surface area contributed by atoms with E-state index in [0.717, 1.165) is 36.5 Å². The van der Waals surface area contributed by atoms with Gasteiger partial charge in [-0.1, -0.05) is 24.3 Å². The van der Waals surface area contributed by atoms with Crippen LogP contribution in [0.3, 0.4) is 0 Å². The molecule has 1 aromatic heterocycles. The Labute approximate surface area is 128 Å². The predicted molar refractivity (Wildman–Crippen MR) is 83.6 cm³/mol. The number of carbonyl (C=O) groups is 1. The molecule has 0 spiro atoms. The molecule has 108 valence electrons. The fourth-order valence-corrected chi connectivity index (χ4v) is 4.27. The fraction of sp³-hybridized carbons (Fsp3) is 0.412. The zero-order valence-electron chi connectivity index (χ0n) is 11.7. The first-order valence-electron chi connectivity index (χ1n) is 7.54. The normalized spacial score (nSPS) is 28.0. The molecule has 21 heavy (non-hydrogen) atoms. The number of fused-ring (bicyclic) bond motifs is 3. The summed E-state index contributed by atoms with van der Waals surface area (Å²) in [6.45, 7) is 0. The average Bonchev–Trinajstić information content (AvgIpc) is 2.78. The molecule has 2 aliphatic heterocycles. The van der Waals surface area contributed by atoms with Crippen LogP contribution >= 0.6 is 11.6 Å². The number of amides is 1. The molecule has 2 aliphatic rings. The number of alkyl halides is 1. The summed E-state index contributed by atoms with van der Waals surface area (Å²) in [5, 5.41) is 2.22. The third kappa shape index (κ3) is 2.11. The number of halogens is 1. The molecule has 2 fully saturated rings. The quantitative estimate of drug-likeness (QED) is 0.754. The van der Waals surface area contributed by atoms with Crippen LogP contribution in [0, 0.1) is 0 Å². The van der Waals surface area contributed by atoms with Crippen LogP contribution in [0.4, 0.5) is 0 Å². The molecule has 0 saturated carbocycles. The molecule has 3 nitrogen and oxygen atoms in total. The standard InChI is InChI=1S/C17H17ClN2O/c18-12-9-13-5-6-14(10-12)20(13)17(21)16-15-4-2-1-3-11(15)7-8-19-16/h1-4,7-8,12-14H,5-6,9-10H2. The van der Waals surface area contributed by atoms with Crippen molar-refractivity contribution in [3.05, 3.63) is 42.2 Å². The lowest BCUT2D eigenvalue weighted by Gasteiger charge is -2.37.